The van der Waals surface area contributed by atoms with Crippen LogP contribution >= 0.6 is 0 Å². The number of rotatable bonds is 3. The molecule has 2 heterocycles. The number of amides is 2. The highest BCUT2D eigenvalue weighted by Gasteiger charge is 2.38. The molecule has 110 valence electrons. The lowest BCUT2D eigenvalue weighted by Gasteiger charge is -2.26. The van der Waals surface area contributed by atoms with Gasteiger partial charge in [-0.2, -0.15) is 0 Å². The first kappa shape index (κ1) is 13.7. The highest BCUT2D eigenvalue weighted by atomic mass is 16.2. The predicted octanol–water partition coefficient (Wildman–Crippen LogP) is 2.10. The average molecular weight is 276 g/mol. The summed E-state index contributed by atoms with van der Waals surface area (Å²) in [7, 11) is 0. The van der Waals surface area contributed by atoms with Gasteiger partial charge < -0.3 is 9.80 Å². The van der Waals surface area contributed by atoms with Crippen molar-refractivity contribution in [1.29, 1.82) is 0 Å². The number of hydrogen-bond acceptors (Lipinski definition) is 2. The van der Waals surface area contributed by atoms with Gasteiger partial charge in [0.25, 0.3) is 0 Å². The Morgan fingerprint density at radius 2 is 2.00 bits per heavy atom. The second-order valence-corrected chi connectivity index (χ2v) is 6.18. The quantitative estimate of drug-likeness (QED) is 0.741. The van der Waals surface area contributed by atoms with Crippen molar-refractivity contribution in [1.82, 2.24) is 9.80 Å². The number of nitrogens with zero attached hydrogens (tertiary/aromatic N) is 2. The van der Waals surface area contributed by atoms with E-state index < -0.39 is 0 Å². The van der Waals surface area contributed by atoms with Gasteiger partial charge in [0.2, 0.25) is 11.8 Å². The Balaban J connectivity index is 1.62. The molecule has 2 amide bonds. The molecule has 0 spiro atoms. The van der Waals surface area contributed by atoms with Crippen LogP contribution in [0.15, 0.2) is 11.6 Å². The molecule has 1 unspecified atom stereocenters. The van der Waals surface area contributed by atoms with Gasteiger partial charge in [0, 0.05) is 26.1 Å². The lowest BCUT2D eigenvalue weighted by molar-refractivity contribution is -0.139. The highest BCUT2D eigenvalue weighted by molar-refractivity contribution is 5.90. The largest absolute Gasteiger partial charge is 0.340 e. The summed E-state index contributed by atoms with van der Waals surface area (Å²) in [5, 5.41) is 0. The van der Waals surface area contributed by atoms with E-state index in [0.717, 1.165) is 32.4 Å². The molecule has 2 saturated heterocycles. The van der Waals surface area contributed by atoms with E-state index >= 15 is 0 Å². The second-order valence-electron chi connectivity index (χ2n) is 6.18. The van der Waals surface area contributed by atoms with Crippen molar-refractivity contribution in [3.05, 3.63) is 11.6 Å². The van der Waals surface area contributed by atoms with Crippen LogP contribution in [0.5, 0.6) is 0 Å². The average Bonchev–Trinajstić information content (AvgIpc) is 2.93. The fourth-order valence-electron chi connectivity index (χ4n) is 3.65. The molecule has 0 aromatic rings. The van der Waals surface area contributed by atoms with E-state index in [1.807, 2.05) is 9.80 Å². The van der Waals surface area contributed by atoms with Gasteiger partial charge in [0.15, 0.2) is 0 Å². The molecule has 2 fully saturated rings. The molecule has 1 aliphatic carbocycles. The second kappa shape index (κ2) is 5.98. The van der Waals surface area contributed by atoms with E-state index in [-0.39, 0.29) is 17.9 Å². The van der Waals surface area contributed by atoms with Gasteiger partial charge >= 0.3 is 0 Å². The van der Waals surface area contributed by atoms with Gasteiger partial charge in [0.05, 0.1) is 0 Å². The number of carbonyl (C=O) groups excluding carboxylic acids is 2. The minimum atomic E-state index is -0.162. The molecule has 0 bridgehead atoms. The molecule has 0 aromatic heterocycles. The Morgan fingerprint density at radius 1 is 1.10 bits per heavy atom. The van der Waals surface area contributed by atoms with Gasteiger partial charge in [0.1, 0.15) is 6.04 Å². The maximum Gasteiger partial charge on any atom is 0.245 e. The van der Waals surface area contributed by atoms with Crippen molar-refractivity contribution < 1.29 is 9.59 Å². The maximum atomic E-state index is 12.6. The van der Waals surface area contributed by atoms with Gasteiger partial charge in [-0.1, -0.05) is 11.6 Å². The Kier molecular flexibility index (Phi) is 4.08. The zero-order valence-electron chi connectivity index (χ0n) is 12.1. The van der Waals surface area contributed by atoms with Crippen LogP contribution in [0.3, 0.4) is 0 Å². The molecular weight excluding hydrogens is 252 g/mol. The first-order valence-electron chi connectivity index (χ1n) is 8.02. The van der Waals surface area contributed by atoms with Crippen LogP contribution in [0, 0.1) is 0 Å². The van der Waals surface area contributed by atoms with E-state index in [1.165, 1.54) is 31.3 Å². The molecule has 3 rings (SSSR count). The van der Waals surface area contributed by atoms with E-state index in [2.05, 4.69) is 6.08 Å². The summed E-state index contributed by atoms with van der Waals surface area (Å²) in [6.45, 7) is 2.18. The van der Waals surface area contributed by atoms with E-state index in [0.29, 0.717) is 13.0 Å². The third-order valence-electron chi connectivity index (χ3n) is 4.85. The van der Waals surface area contributed by atoms with Gasteiger partial charge in [-0.3, -0.25) is 9.59 Å². The maximum absolute atomic E-state index is 12.6. The van der Waals surface area contributed by atoms with Crippen LogP contribution in [-0.2, 0) is 9.59 Å². The molecule has 2 aliphatic heterocycles. The first-order chi connectivity index (χ1) is 9.75. The summed E-state index contributed by atoms with van der Waals surface area (Å²) in [6.07, 6.45) is 10.6. The molecule has 4 nitrogen and oxygen atoms in total. The lowest BCUT2D eigenvalue weighted by atomic mass is 9.97. The number of hydrogen-bond donors (Lipinski definition) is 0. The third-order valence-corrected chi connectivity index (χ3v) is 4.85. The molecule has 20 heavy (non-hydrogen) atoms. The van der Waals surface area contributed by atoms with E-state index in [9.17, 15) is 9.59 Å². The summed E-state index contributed by atoms with van der Waals surface area (Å²) in [5.41, 5.74) is 1.50. The molecule has 0 N–H and O–H groups in total. The van der Waals surface area contributed by atoms with Gasteiger partial charge in [-0.15, -0.1) is 0 Å². The molecule has 1 atom stereocenters. The zero-order chi connectivity index (χ0) is 13.9. The number of allylic oxidation sites excluding steroid dienone is 1. The van der Waals surface area contributed by atoms with Crippen LogP contribution in [0.25, 0.3) is 0 Å². The molecular formula is C16H24N2O2. The van der Waals surface area contributed by atoms with Gasteiger partial charge in [-0.25, -0.2) is 0 Å². The van der Waals surface area contributed by atoms with E-state index in [1.54, 1.807) is 0 Å². The number of carbonyl (C=O) groups is 2. The zero-order valence-corrected chi connectivity index (χ0v) is 12.1. The van der Waals surface area contributed by atoms with Crippen LogP contribution < -0.4 is 0 Å². The fourth-order valence-corrected chi connectivity index (χ4v) is 3.65. The smallest absolute Gasteiger partial charge is 0.245 e. The molecule has 0 radical (unpaired) electrons. The molecule has 0 saturated carbocycles. The van der Waals surface area contributed by atoms with E-state index in [4.69, 9.17) is 0 Å². The first-order valence-corrected chi connectivity index (χ1v) is 8.02. The standard InChI is InChI=1S/C16H24N2O2/c19-15-9-12-17(11-8-13-5-2-1-3-6-13)16(20)14-7-4-10-18(14)15/h5,14H,1-4,6-12H2. The molecule has 3 aliphatic rings. The molecule has 4 heteroatoms. The summed E-state index contributed by atoms with van der Waals surface area (Å²) >= 11 is 0. The normalized spacial score (nSPS) is 27.4. The van der Waals surface area contributed by atoms with Crippen molar-refractivity contribution in [2.75, 3.05) is 19.6 Å². The van der Waals surface area contributed by atoms with Crippen LogP contribution in [-0.4, -0.2) is 47.3 Å². The number of fused-ring (bicyclic) bond motifs is 1. The van der Waals surface area contributed by atoms with Crippen LogP contribution in [0.4, 0.5) is 0 Å². The van der Waals surface area contributed by atoms with Crippen molar-refractivity contribution in [3.8, 4) is 0 Å². The Hall–Kier alpha value is -1.32. The third kappa shape index (κ3) is 2.74. The Morgan fingerprint density at radius 3 is 2.80 bits per heavy atom. The molecule has 0 aromatic carbocycles. The topological polar surface area (TPSA) is 40.6 Å². The van der Waals surface area contributed by atoms with Crippen molar-refractivity contribution in [2.24, 2.45) is 0 Å². The Bertz CT molecular complexity index is 430. The predicted molar refractivity (Wildman–Crippen MR) is 77.1 cm³/mol. The van der Waals surface area contributed by atoms with Crippen molar-refractivity contribution >= 4 is 11.8 Å². The summed E-state index contributed by atoms with van der Waals surface area (Å²) in [6, 6.07) is -0.162. The van der Waals surface area contributed by atoms with Crippen molar-refractivity contribution in [3.63, 3.8) is 0 Å². The summed E-state index contributed by atoms with van der Waals surface area (Å²) in [5.74, 6) is 0.352. The fraction of sp³-hybridized carbons (Fsp3) is 0.750. The van der Waals surface area contributed by atoms with Crippen LogP contribution in [0.2, 0.25) is 0 Å². The Labute approximate surface area is 120 Å². The monoisotopic (exact) mass is 276 g/mol. The minimum Gasteiger partial charge on any atom is -0.340 e. The van der Waals surface area contributed by atoms with Crippen molar-refractivity contribution in [2.45, 2.75) is 57.4 Å². The SMILES string of the molecule is O=C1C2CCCN2C(=O)CCN1CCC1=CCCCC1. The van der Waals surface area contributed by atoms with Crippen LogP contribution in [0.1, 0.15) is 51.4 Å². The highest BCUT2D eigenvalue weighted by Crippen LogP contribution is 2.25. The lowest BCUT2D eigenvalue weighted by Crippen LogP contribution is -2.43. The minimum absolute atomic E-state index is 0.162. The summed E-state index contributed by atoms with van der Waals surface area (Å²) < 4.78 is 0. The summed E-state index contributed by atoms with van der Waals surface area (Å²) in [4.78, 5) is 28.3. The van der Waals surface area contributed by atoms with Gasteiger partial charge in [-0.05, 0) is 44.9 Å².